The Morgan fingerprint density at radius 3 is 2.79 bits per heavy atom. The lowest BCUT2D eigenvalue weighted by atomic mass is 10.3. The van der Waals surface area contributed by atoms with E-state index < -0.39 is 0 Å². The smallest absolute Gasteiger partial charge is 0.234 e. The first kappa shape index (κ1) is 12.5. The maximum atomic E-state index is 6.03. The van der Waals surface area contributed by atoms with E-state index in [9.17, 15) is 0 Å². The molecule has 0 fully saturated rings. The van der Waals surface area contributed by atoms with Crippen LogP contribution in [0.5, 0.6) is 11.6 Å². The highest BCUT2D eigenvalue weighted by Gasteiger charge is 2.12. The second kappa shape index (κ2) is 4.85. The molecular formula is C11H5Cl3N4O. The van der Waals surface area contributed by atoms with Crippen molar-refractivity contribution < 1.29 is 4.74 Å². The highest BCUT2D eigenvalue weighted by Crippen LogP contribution is 2.33. The lowest BCUT2D eigenvalue weighted by molar-refractivity contribution is 0.468. The number of hydrogen-bond acceptors (Lipinski definition) is 4. The summed E-state index contributed by atoms with van der Waals surface area (Å²) in [6, 6.07) is 4.89. The fourth-order valence-electron chi connectivity index (χ4n) is 1.52. The van der Waals surface area contributed by atoms with Crippen LogP contribution in [0.4, 0.5) is 0 Å². The number of nitrogens with zero attached hydrogens (tertiary/aromatic N) is 3. The molecule has 2 heterocycles. The van der Waals surface area contributed by atoms with Crippen molar-refractivity contribution in [2.24, 2.45) is 0 Å². The van der Waals surface area contributed by atoms with Crippen LogP contribution in [0.1, 0.15) is 0 Å². The van der Waals surface area contributed by atoms with E-state index in [-0.39, 0.29) is 11.2 Å². The topological polar surface area (TPSA) is 63.7 Å². The number of fused-ring (bicyclic) bond motifs is 1. The Hall–Kier alpha value is -1.56. The normalized spacial score (nSPS) is 10.9. The molecule has 96 valence electrons. The number of nitrogens with one attached hydrogen (secondary N) is 1. The summed E-state index contributed by atoms with van der Waals surface area (Å²) >= 11 is 17.7. The summed E-state index contributed by atoms with van der Waals surface area (Å²) in [6.45, 7) is 0. The van der Waals surface area contributed by atoms with Crippen molar-refractivity contribution in [2.75, 3.05) is 0 Å². The van der Waals surface area contributed by atoms with E-state index in [2.05, 4.69) is 20.2 Å². The van der Waals surface area contributed by atoms with Crippen LogP contribution in [0.25, 0.3) is 11.0 Å². The van der Waals surface area contributed by atoms with Crippen molar-refractivity contribution in [3.05, 3.63) is 39.7 Å². The molecule has 0 unspecified atom stereocenters. The fourth-order valence-corrected chi connectivity index (χ4v) is 2.00. The summed E-state index contributed by atoms with van der Waals surface area (Å²) in [5.74, 6) is 0.638. The van der Waals surface area contributed by atoms with Crippen LogP contribution in [0.15, 0.2) is 24.4 Å². The number of benzene rings is 1. The lowest BCUT2D eigenvalue weighted by Crippen LogP contribution is -1.92. The number of rotatable bonds is 2. The van der Waals surface area contributed by atoms with E-state index in [0.717, 1.165) is 0 Å². The molecule has 0 saturated carbocycles. The number of hydrogen-bond donors (Lipinski definition) is 1. The molecule has 0 bridgehead atoms. The predicted octanol–water partition coefficient (Wildman–Crippen LogP) is 4.11. The van der Waals surface area contributed by atoms with E-state index in [4.69, 9.17) is 39.5 Å². The van der Waals surface area contributed by atoms with Gasteiger partial charge < -0.3 is 4.74 Å². The molecule has 2 aromatic heterocycles. The van der Waals surface area contributed by atoms with Gasteiger partial charge in [0.05, 0.1) is 11.2 Å². The molecule has 0 radical (unpaired) electrons. The average Bonchev–Trinajstić information content (AvgIpc) is 2.82. The van der Waals surface area contributed by atoms with Crippen molar-refractivity contribution in [3.63, 3.8) is 0 Å². The number of aromatic nitrogens is 4. The first-order valence-electron chi connectivity index (χ1n) is 5.13. The maximum Gasteiger partial charge on any atom is 0.234 e. The van der Waals surface area contributed by atoms with E-state index in [0.29, 0.717) is 26.8 Å². The number of aromatic amines is 1. The van der Waals surface area contributed by atoms with Crippen LogP contribution in [0.2, 0.25) is 15.3 Å². The minimum absolute atomic E-state index is 0.0462. The second-order valence-corrected chi connectivity index (χ2v) is 4.79. The van der Waals surface area contributed by atoms with Crippen LogP contribution in [0, 0.1) is 0 Å². The van der Waals surface area contributed by atoms with Gasteiger partial charge >= 0.3 is 0 Å². The van der Waals surface area contributed by atoms with E-state index in [1.165, 1.54) is 0 Å². The number of halogens is 3. The van der Waals surface area contributed by atoms with Gasteiger partial charge in [0.25, 0.3) is 0 Å². The summed E-state index contributed by atoms with van der Waals surface area (Å²) in [5.41, 5.74) is 0.480. The van der Waals surface area contributed by atoms with Crippen LogP contribution < -0.4 is 4.74 Å². The molecule has 0 atom stereocenters. The van der Waals surface area contributed by atoms with E-state index in [1.807, 2.05) is 0 Å². The molecule has 8 heteroatoms. The highest BCUT2D eigenvalue weighted by molar-refractivity contribution is 6.34. The zero-order valence-electron chi connectivity index (χ0n) is 9.19. The van der Waals surface area contributed by atoms with Gasteiger partial charge in [0.1, 0.15) is 11.1 Å². The molecule has 3 rings (SSSR count). The van der Waals surface area contributed by atoms with E-state index in [1.54, 1.807) is 24.4 Å². The highest BCUT2D eigenvalue weighted by atomic mass is 35.5. The van der Waals surface area contributed by atoms with Crippen LogP contribution in [-0.4, -0.2) is 20.2 Å². The van der Waals surface area contributed by atoms with Crippen LogP contribution in [-0.2, 0) is 0 Å². The van der Waals surface area contributed by atoms with Gasteiger partial charge in [0.2, 0.25) is 11.2 Å². The van der Waals surface area contributed by atoms with Gasteiger partial charge in [0.15, 0.2) is 5.65 Å². The monoisotopic (exact) mass is 314 g/mol. The van der Waals surface area contributed by atoms with Gasteiger partial charge in [-0.25, -0.2) is 0 Å². The van der Waals surface area contributed by atoms with Gasteiger partial charge in [-0.1, -0.05) is 23.2 Å². The Balaban J connectivity index is 2.10. The van der Waals surface area contributed by atoms with Crippen molar-refractivity contribution >= 4 is 45.8 Å². The Morgan fingerprint density at radius 1 is 1.11 bits per heavy atom. The maximum absolute atomic E-state index is 6.03. The SMILES string of the molecule is Clc1ccc(Cl)c(Oc2nc(Cl)nc3[nH]ncc23)c1. The number of ether oxygens (including phenoxy) is 1. The molecule has 0 amide bonds. The Morgan fingerprint density at radius 2 is 1.95 bits per heavy atom. The van der Waals surface area contributed by atoms with Crippen molar-refractivity contribution in [2.45, 2.75) is 0 Å². The third-order valence-electron chi connectivity index (χ3n) is 2.35. The Labute approximate surface area is 122 Å². The molecule has 1 N–H and O–H groups in total. The zero-order chi connectivity index (χ0) is 13.4. The zero-order valence-corrected chi connectivity index (χ0v) is 11.5. The van der Waals surface area contributed by atoms with Crippen LogP contribution in [0.3, 0.4) is 0 Å². The molecule has 5 nitrogen and oxygen atoms in total. The third-order valence-corrected chi connectivity index (χ3v) is 3.06. The largest absolute Gasteiger partial charge is 0.436 e. The van der Waals surface area contributed by atoms with Gasteiger partial charge in [0, 0.05) is 11.1 Å². The van der Waals surface area contributed by atoms with Gasteiger partial charge in [-0.15, -0.1) is 0 Å². The molecule has 19 heavy (non-hydrogen) atoms. The molecule has 0 saturated heterocycles. The number of H-pyrrole nitrogens is 1. The average molecular weight is 316 g/mol. The molecule has 0 aliphatic heterocycles. The van der Waals surface area contributed by atoms with Crippen molar-refractivity contribution in [3.8, 4) is 11.6 Å². The standard InChI is InChI=1S/C11H5Cl3N4O/c12-5-1-2-7(13)8(3-5)19-10-6-4-15-18-9(6)16-11(14)17-10/h1-4H,(H,15,16,17,18). The summed E-state index contributed by atoms with van der Waals surface area (Å²) in [7, 11) is 0. The molecule has 0 aliphatic rings. The summed E-state index contributed by atoms with van der Waals surface area (Å²) in [4.78, 5) is 7.99. The second-order valence-electron chi connectivity index (χ2n) is 3.61. The summed E-state index contributed by atoms with van der Waals surface area (Å²) in [6.07, 6.45) is 1.54. The lowest BCUT2D eigenvalue weighted by Gasteiger charge is -2.07. The minimum Gasteiger partial charge on any atom is -0.436 e. The first-order valence-corrected chi connectivity index (χ1v) is 6.26. The quantitative estimate of drug-likeness (QED) is 0.723. The van der Waals surface area contributed by atoms with E-state index >= 15 is 0 Å². The summed E-state index contributed by atoms with van der Waals surface area (Å²) in [5, 5.41) is 8.11. The molecule has 1 aromatic carbocycles. The predicted molar refractivity (Wildman–Crippen MR) is 73.2 cm³/mol. The molecular weight excluding hydrogens is 311 g/mol. The van der Waals surface area contributed by atoms with Crippen molar-refractivity contribution in [1.29, 1.82) is 0 Å². The Kier molecular flexibility index (Phi) is 3.18. The Bertz CT molecular complexity index is 759. The van der Waals surface area contributed by atoms with Gasteiger partial charge in [-0.3, -0.25) is 5.10 Å². The fraction of sp³-hybridized carbons (Fsp3) is 0. The molecule has 3 aromatic rings. The van der Waals surface area contributed by atoms with Gasteiger partial charge in [-0.05, 0) is 23.7 Å². The van der Waals surface area contributed by atoms with Crippen molar-refractivity contribution in [1.82, 2.24) is 20.2 Å². The summed E-state index contributed by atoms with van der Waals surface area (Å²) < 4.78 is 5.63. The van der Waals surface area contributed by atoms with Crippen LogP contribution >= 0.6 is 34.8 Å². The first-order chi connectivity index (χ1) is 9.13. The van der Waals surface area contributed by atoms with Gasteiger partial charge in [-0.2, -0.15) is 15.1 Å². The third kappa shape index (κ3) is 2.45. The minimum atomic E-state index is 0.0462. The molecule has 0 aliphatic carbocycles. The molecule has 0 spiro atoms.